The third-order valence-corrected chi connectivity index (χ3v) is 4.87. The predicted octanol–water partition coefficient (Wildman–Crippen LogP) is 3.43. The molecular formula is C24H29ClN4O5. The third-order valence-electron chi connectivity index (χ3n) is 4.59. The van der Waals surface area contributed by atoms with Crippen LogP contribution < -0.4 is 25.5 Å². The van der Waals surface area contributed by atoms with Crippen LogP contribution in [0.1, 0.15) is 38.3 Å². The normalized spacial score (nSPS) is 11.6. The van der Waals surface area contributed by atoms with Crippen molar-refractivity contribution in [3.8, 4) is 11.5 Å². The summed E-state index contributed by atoms with van der Waals surface area (Å²) in [5.41, 5.74) is 4.39. The number of carbonyl (C=O) groups excluding carboxylic acids is 3. The van der Waals surface area contributed by atoms with E-state index in [1.54, 1.807) is 32.0 Å². The molecule has 34 heavy (non-hydrogen) atoms. The maximum absolute atomic E-state index is 12.3. The average molecular weight is 489 g/mol. The number of hydrogen-bond donors (Lipinski definition) is 3. The van der Waals surface area contributed by atoms with Crippen LogP contribution in [0.2, 0.25) is 5.02 Å². The molecule has 0 saturated carbocycles. The Bertz CT molecular complexity index is 1040. The summed E-state index contributed by atoms with van der Waals surface area (Å²) < 4.78 is 11.2. The van der Waals surface area contributed by atoms with Crippen LogP contribution in [0.15, 0.2) is 41.5 Å². The summed E-state index contributed by atoms with van der Waals surface area (Å²) in [5.74, 6) is -1.50. The standard InChI is InChI=1S/C24H29ClN4O5/c1-5-16(4)27-23(31)24(32)29-26-13-17-11-19(25)22(20(12-17)33-6-2)34-14-21(30)28-18-9-7-15(3)8-10-18/h7-13,16H,5-6,14H2,1-4H3,(H,27,31)(H,28,30)(H,29,32)/b26-13-/t16-/m0/s1. The fourth-order valence-corrected chi connectivity index (χ4v) is 2.92. The van der Waals surface area contributed by atoms with Gasteiger partial charge >= 0.3 is 11.8 Å². The number of ether oxygens (including phenoxy) is 2. The number of hydrazone groups is 1. The van der Waals surface area contributed by atoms with Gasteiger partial charge in [-0.2, -0.15) is 5.10 Å². The Morgan fingerprint density at radius 2 is 1.79 bits per heavy atom. The monoisotopic (exact) mass is 488 g/mol. The van der Waals surface area contributed by atoms with Crippen molar-refractivity contribution in [3.05, 3.63) is 52.5 Å². The van der Waals surface area contributed by atoms with Crippen molar-refractivity contribution in [1.29, 1.82) is 0 Å². The van der Waals surface area contributed by atoms with Gasteiger partial charge < -0.3 is 20.1 Å². The summed E-state index contributed by atoms with van der Waals surface area (Å²) in [4.78, 5) is 35.8. The molecule has 182 valence electrons. The van der Waals surface area contributed by atoms with Crippen molar-refractivity contribution >= 4 is 41.2 Å². The number of anilines is 1. The summed E-state index contributed by atoms with van der Waals surface area (Å²) in [6.07, 6.45) is 2.01. The number of amides is 3. The number of nitrogens with zero attached hydrogens (tertiary/aromatic N) is 1. The molecule has 3 amide bonds. The maximum Gasteiger partial charge on any atom is 0.329 e. The molecule has 0 radical (unpaired) electrons. The van der Waals surface area contributed by atoms with E-state index in [1.165, 1.54) is 12.3 Å². The van der Waals surface area contributed by atoms with Gasteiger partial charge in [0.2, 0.25) is 0 Å². The Labute approximate surface area is 203 Å². The van der Waals surface area contributed by atoms with Crippen LogP contribution in [0, 0.1) is 6.92 Å². The number of hydrogen-bond acceptors (Lipinski definition) is 6. The van der Waals surface area contributed by atoms with E-state index in [0.29, 0.717) is 30.0 Å². The fourth-order valence-electron chi connectivity index (χ4n) is 2.64. The van der Waals surface area contributed by atoms with Crippen LogP contribution in [-0.4, -0.2) is 43.2 Å². The van der Waals surface area contributed by atoms with Crippen molar-refractivity contribution in [2.75, 3.05) is 18.5 Å². The molecule has 0 aromatic heterocycles. The molecule has 2 aromatic rings. The molecule has 0 unspecified atom stereocenters. The largest absolute Gasteiger partial charge is 0.490 e. The van der Waals surface area contributed by atoms with E-state index in [2.05, 4.69) is 21.2 Å². The van der Waals surface area contributed by atoms with Gasteiger partial charge in [0.05, 0.1) is 17.8 Å². The van der Waals surface area contributed by atoms with Crippen molar-refractivity contribution in [2.45, 2.75) is 40.2 Å². The van der Waals surface area contributed by atoms with Crippen LogP contribution in [0.3, 0.4) is 0 Å². The van der Waals surface area contributed by atoms with Crippen LogP contribution >= 0.6 is 11.6 Å². The second kappa shape index (κ2) is 13.2. The van der Waals surface area contributed by atoms with E-state index < -0.39 is 11.8 Å². The van der Waals surface area contributed by atoms with Gasteiger partial charge in [-0.1, -0.05) is 36.2 Å². The highest BCUT2D eigenvalue weighted by molar-refractivity contribution is 6.35. The molecular weight excluding hydrogens is 460 g/mol. The number of nitrogens with one attached hydrogen (secondary N) is 3. The number of rotatable bonds is 10. The van der Waals surface area contributed by atoms with Crippen molar-refractivity contribution in [3.63, 3.8) is 0 Å². The first-order valence-corrected chi connectivity index (χ1v) is 11.2. The molecule has 10 heteroatoms. The smallest absolute Gasteiger partial charge is 0.329 e. The first kappa shape index (κ1) is 26.7. The zero-order chi connectivity index (χ0) is 25.1. The summed E-state index contributed by atoms with van der Waals surface area (Å²) in [6, 6.07) is 10.4. The van der Waals surface area contributed by atoms with Gasteiger partial charge in [-0.25, -0.2) is 5.43 Å². The molecule has 0 saturated heterocycles. The van der Waals surface area contributed by atoms with Crippen LogP contribution in [-0.2, 0) is 14.4 Å². The van der Waals surface area contributed by atoms with Crippen LogP contribution in [0.5, 0.6) is 11.5 Å². The molecule has 9 nitrogen and oxygen atoms in total. The molecule has 0 aliphatic heterocycles. The topological polar surface area (TPSA) is 118 Å². The van der Waals surface area contributed by atoms with Gasteiger partial charge in [-0.15, -0.1) is 0 Å². The first-order valence-electron chi connectivity index (χ1n) is 10.8. The Kier molecular flexibility index (Phi) is 10.3. The minimum Gasteiger partial charge on any atom is -0.490 e. The summed E-state index contributed by atoms with van der Waals surface area (Å²) in [5, 5.41) is 9.27. The minimum atomic E-state index is -0.882. The first-order chi connectivity index (χ1) is 16.2. The molecule has 2 aromatic carbocycles. The van der Waals surface area contributed by atoms with Crippen LogP contribution in [0.25, 0.3) is 0 Å². The fraction of sp³-hybridized carbons (Fsp3) is 0.333. The third kappa shape index (κ3) is 8.40. The molecule has 3 N–H and O–H groups in total. The molecule has 2 rings (SSSR count). The van der Waals surface area contributed by atoms with Gasteiger partial charge in [0.25, 0.3) is 5.91 Å². The summed E-state index contributed by atoms with van der Waals surface area (Å²) >= 11 is 6.35. The maximum atomic E-state index is 12.3. The van der Waals surface area contributed by atoms with E-state index in [-0.39, 0.29) is 29.3 Å². The molecule has 0 aliphatic rings. The van der Waals surface area contributed by atoms with E-state index >= 15 is 0 Å². The highest BCUT2D eigenvalue weighted by Crippen LogP contribution is 2.36. The van der Waals surface area contributed by atoms with E-state index in [0.717, 1.165) is 5.56 Å². The molecule has 1 atom stereocenters. The Morgan fingerprint density at radius 3 is 2.44 bits per heavy atom. The van der Waals surface area contributed by atoms with Gasteiger partial charge in [-0.05, 0) is 57.0 Å². The summed E-state index contributed by atoms with van der Waals surface area (Å²) in [7, 11) is 0. The lowest BCUT2D eigenvalue weighted by atomic mass is 10.2. The molecule has 0 spiro atoms. The van der Waals surface area contributed by atoms with Crippen molar-refractivity contribution in [1.82, 2.24) is 10.7 Å². The second-order valence-corrected chi connectivity index (χ2v) is 7.85. The lowest BCUT2D eigenvalue weighted by Crippen LogP contribution is -2.41. The SMILES string of the molecule is CCOc1cc(/C=N\NC(=O)C(=O)N[C@@H](C)CC)cc(Cl)c1OCC(=O)Nc1ccc(C)cc1. The van der Waals surface area contributed by atoms with Gasteiger partial charge in [0.1, 0.15) is 0 Å². The number of halogens is 1. The van der Waals surface area contributed by atoms with E-state index in [1.807, 2.05) is 26.0 Å². The lowest BCUT2D eigenvalue weighted by Gasteiger charge is -2.14. The highest BCUT2D eigenvalue weighted by atomic mass is 35.5. The lowest BCUT2D eigenvalue weighted by molar-refractivity contribution is -0.139. The average Bonchev–Trinajstić information content (AvgIpc) is 2.80. The molecule has 0 fully saturated rings. The number of benzene rings is 2. The van der Waals surface area contributed by atoms with Gasteiger partial charge in [0, 0.05) is 11.7 Å². The molecule has 0 aliphatic carbocycles. The highest BCUT2D eigenvalue weighted by Gasteiger charge is 2.16. The second-order valence-electron chi connectivity index (χ2n) is 7.45. The molecule has 0 heterocycles. The Morgan fingerprint density at radius 1 is 1.09 bits per heavy atom. The Hall–Kier alpha value is -3.59. The van der Waals surface area contributed by atoms with E-state index in [4.69, 9.17) is 21.1 Å². The Balaban J connectivity index is 2.03. The summed E-state index contributed by atoms with van der Waals surface area (Å²) in [6.45, 7) is 7.49. The van der Waals surface area contributed by atoms with Gasteiger partial charge in [0.15, 0.2) is 18.1 Å². The van der Waals surface area contributed by atoms with Gasteiger partial charge in [-0.3, -0.25) is 14.4 Å². The molecule has 0 bridgehead atoms. The quantitative estimate of drug-likeness (QED) is 0.269. The van der Waals surface area contributed by atoms with E-state index in [9.17, 15) is 14.4 Å². The number of carbonyl (C=O) groups is 3. The van der Waals surface area contributed by atoms with Crippen molar-refractivity contribution in [2.24, 2.45) is 5.10 Å². The number of aryl methyl sites for hydroxylation is 1. The zero-order valence-electron chi connectivity index (χ0n) is 19.6. The van der Waals surface area contributed by atoms with Crippen LogP contribution in [0.4, 0.5) is 5.69 Å². The van der Waals surface area contributed by atoms with Crippen molar-refractivity contribution < 1.29 is 23.9 Å². The minimum absolute atomic E-state index is 0.124. The zero-order valence-corrected chi connectivity index (χ0v) is 20.4. The predicted molar refractivity (Wildman–Crippen MR) is 132 cm³/mol.